The number of carbonyl (C=O) groups is 2. The Labute approximate surface area is 197 Å². The molecule has 0 radical (unpaired) electrons. The van der Waals surface area contributed by atoms with Crippen LogP contribution in [-0.2, 0) is 9.59 Å². The fourth-order valence-electron chi connectivity index (χ4n) is 2.39. The number of ether oxygens (including phenoxy) is 1. The zero-order valence-corrected chi connectivity index (χ0v) is 19.7. The molecule has 0 aliphatic carbocycles. The van der Waals surface area contributed by atoms with E-state index in [2.05, 4.69) is 20.8 Å². The Hall–Kier alpha value is -2.33. The number of rotatable bonds is 8. The quantitative estimate of drug-likeness (QED) is 0.328. The van der Waals surface area contributed by atoms with Crippen LogP contribution < -0.4 is 15.4 Å². The summed E-state index contributed by atoms with van der Waals surface area (Å²) in [4.78, 5) is 24.3. The molecule has 2 aromatic carbocycles. The first-order valence-electron chi connectivity index (χ1n) is 9.01. The summed E-state index contributed by atoms with van der Waals surface area (Å²) in [5.74, 6) is -0.0302. The van der Waals surface area contributed by atoms with Crippen molar-refractivity contribution < 1.29 is 14.3 Å². The van der Waals surface area contributed by atoms with E-state index in [0.717, 1.165) is 16.8 Å². The highest BCUT2D eigenvalue weighted by Gasteiger charge is 2.12. The third-order valence-corrected chi connectivity index (χ3v) is 6.40. The van der Waals surface area contributed by atoms with Gasteiger partial charge in [-0.15, -0.1) is 10.2 Å². The van der Waals surface area contributed by atoms with E-state index in [1.54, 1.807) is 12.1 Å². The van der Waals surface area contributed by atoms with Gasteiger partial charge in [0.15, 0.2) is 10.9 Å². The first-order valence-corrected chi connectivity index (χ1v) is 11.6. The van der Waals surface area contributed by atoms with Gasteiger partial charge in [0.05, 0.1) is 10.8 Å². The second-order valence-electron chi connectivity index (χ2n) is 6.44. The molecule has 3 rings (SSSR count). The lowest BCUT2D eigenvalue weighted by atomic mass is 10.1. The summed E-state index contributed by atoms with van der Waals surface area (Å²) in [6.07, 6.45) is 0. The molecular formula is C20H18Cl2N4O3S2. The number of nitrogens with zero attached hydrogens (tertiary/aromatic N) is 2. The van der Waals surface area contributed by atoms with Crippen LogP contribution in [0.3, 0.4) is 0 Å². The first kappa shape index (κ1) is 23.3. The van der Waals surface area contributed by atoms with Crippen LogP contribution >= 0.6 is 46.3 Å². The highest BCUT2D eigenvalue weighted by molar-refractivity contribution is 8.01. The Morgan fingerprint density at radius 3 is 2.65 bits per heavy atom. The van der Waals surface area contributed by atoms with Gasteiger partial charge in [0, 0.05) is 10.7 Å². The van der Waals surface area contributed by atoms with Crippen molar-refractivity contribution >= 4 is 68.9 Å². The average Bonchev–Trinajstić information content (AvgIpc) is 3.16. The Morgan fingerprint density at radius 2 is 1.87 bits per heavy atom. The third-order valence-electron chi connectivity index (χ3n) is 3.90. The molecule has 0 saturated carbocycles. The first-order chi connectivity index (χ1) is 14.8. The van der Waals surface area contributed by atoms with Crippen molar-refractivity contribution in [3.05, 3.63) is 57.6 Å². The van der Waals surface area contributed by atoms with Crippen LogP contribution in [0.15, 0.2) is 40.7 Å². The molecular weight excluding hydrogens is 479 g/mol. The second-order valence-corrected chi connectivity index (χ2v) is 9.48. The van der Waals surface area contributed by atoms with Gasteiger partial charge in [-0.1, -0.05) is 58.4 Å². The molecule has 3 aromatic rings. The fourth-order valence-corrected chi connectivity index (χ4v) is 4.42. The zero-order chi connectivity index (χ0) is 22.4. The van der Waals surface area contributed by atoms with Crippen molar-refractivity contribution in [2.24, 2.45) is 0 Å². The van der Waals surface area contributed by atoms with Crippen molar-refractivity contribution in [3.63, 3.8) is 0 Å². The van der Waals surface area contributed by atoms with E-state index in [1.807, 2.05) is 32.0 Å². The molecule has 7 nitrogen and oxygen atoms in total. The van der Waals surface area contributed by atoms with Gasteiger partial charge in [0.1, 0.15) is 5.75 Å². The second kappa shape index (κ2) is 10.8. The Balaban J connectivity index is 1.45. The van der Waals surface area contributed by atoms with Gasteiger partial charge in [-0.3, -0.25) is 14.9 Å². The van der Waals surface area contributed by atoms with Crippen LogP contribution in [0.25, 0.3) is 0 Å². The zero-order valence-electron chi connectivity index (χ0n) is 16.6. The molecule has 0 saturated heterocycles. The van der Waals surface area contributed by atoms with E-state index in [9.17, 15) is 9.59 Å². The van der Waals surface area contributed by atoms with E-state index in [-0.39, 0.29) is 18.3 Å². The maximum Gasteiger partial charge on any atom is 0.264 e. The lowest BCUT2D eigenvalue weighted by Gasteiger charge is -2.08. The minimum Gasteiger partial charge on any atom is -0.482 e. The molecule has 0 bridgehead atoms. The number of nitrogens with one attached hydrogen (secondary N) is 2. The van der Waals surface area contributed by atoms with E-state index in [0.29, 0.717) is 25.3 Å². The van der Waals surface area contributed by atoms with Crippen molar-refractivity contribution in [3.8, 4) is 5.75 Å². The van der Waals surface area contributed by atoms with Crippen molar-refractivity contribution in [2.75, 3.05) is 23.0 Å². The van der Waals surface area contributed by atoms with Gasteiger partial charge >= 0.3 is 0 Å². The summed E-state index contributed by atoms with van der Waals surface area (Å²) < 4.78 is 5.94. The molecule has 0 spiro atoms. The average molecular weight is 497 g/mol. The molecule has 11 heteroatoms. The SMILES string of the molecule is Cc1ccc(C)c(NC(=O)CSc2nnc(NC(=O)COc3ccc(Cl)cc3Cl)s2)c1. The van der Waals surface area contributed by atoms with Crippen molar-refractivity contribution in [1.29, 1.82) is 0 Å². The highest BCUT2D eigenvalue weighted by Crippen LogP contribution is 2.28. The number of aromatic nitrogens is 2. The predicted molar refractivity (Wildman–Crippen MR) is 126 cm³/mol. The molecule has 31 heavy (non-hydrogen) atoms. The third kappa shape index (κ3) is 7.10. The summed E-state index contributed by atoms with van der Waals surface area (Å²) in [5, 5.41) is 14.5. The smallest absolute Gasteiger partial charge is 0.264 e. The topological polar surface area (TPSA) is 93.2 Å². The molecule has 2 N–H and O–H groups in total. The number of aryl methyl sites for hydroxylation is 2. The van der Waals surface area contributed by atoms with Crippen LogP contribution in [-0.4, -0.2) is 34.4 Å². The van der Waals surface area contributed by atoms with Crippen LogP contribution in [0, 0.1) is 13.8 Å². The molecule has 2 amide bonds. The van der Waals surface area contributed by atoms with Gasteiger partial charge in [-0.2, -0.15) is 0 Å². The normalized spacial score (nSPS) is 10.6. The summed E-state index contributed by atoms with van der Waals surface area (Å²) in [6.45, 7) is 3.66. The lowest BCUT2D eigenvalue weighted by Crippen LogP contribution is -2.20. The van der Waals surface area contributed by atoms with Gasteiger partial charge in [-0.25, -0.2) is 0 Å². The highest BCUT2D eigenvalue weighted by atomic mass is 35.5. The number of anilines is 2. The largest absolute Gasteiger partial charge is 0.482 e. The number of hydrogen-bond donors (Lipinski definition) is 2. The van der Waals surface area contributed by atoms with Gasteiger partial charge in [-0.05, 0) is 49.2 Å². The molecule has 0 aliphatic heterocycles. The Kier molecular flexibility index (Phi) is 8.14. The van der Waals surface area contributed by atoms with E-state index in [1.165, 1.54) is 29.2 Å². The molecule has 1 aromatic heterocycles. The summed E-state index contributed by atoms with van der Waals surface area (Å²) in [7, 11) is 0. The molecule has 0 atom stereocenters. The number of hydrogen-bond acceptors (Lipinski definition) is 7. The van der Waals surface area contributed by atoms with Crippen LogP contribution in [0.5, 0.6) is 5.75 Å². The lowest BCUT2D eigenvalue weighted by molar-refractivity contribution is -0.118. The summed E-state index contributed by atoms with van der Waals surface area (Å²) in [6, 6.07) is 10.6. The van der Waals surface area contributed by atoms with E-state index in [4.69, 9.17) is 27.9 Å². The molecule has 0 aliphatic rings. The maximum atomic E-state index is 12.2. The summed E-state index contributed by atoms with van der Waals surface area (Å²) in [5.41, 5.74) is 2.85. The Bertz CT molecular complexity index is 1110. The maximum absolute atomic E-state index is 12.2. The number of amides is 2. The molecule has 0 fully saturated rings. The number of thioether (sulfide) groups is 1. The molecule has 0 unspecified atom stereocenters. The van der Waals surface area contributed by atoms with Crippen LogP contribution in [0.1, 0.15) is 11.1 Å². The molecule has 162 valence electrons. The predicted octanol–water partition coefficient (Wildman–Crippen LogP) is 5.21. The van der Waals surface area contributed by atoms with Gasteiger partial charge < -0.3 is 10.1 Å². The van der Waals surface area contributed by atoms with Crippen molar-refractivity contribution in [1.82, 2.24) is 10.2 Å². The number of carbonyl (C=O) groups excluding carboxylic acids is 2. The number of benzene rings is 2. The van der Waals surface area contributed by atoms with Crippen molar-refractivity contribution in [2.45, 2.75) is 18.2 Å². The van der Waals surface area contributed by atoms with Crippen LogP contribution in [0.4, 0.5) is 10.8 Å². The van der Waals surface area contributed by atoms with Crippen LogP contribution in [0.2, 0.25) is 10.0 Å². The van der Waals surface area contributed by atoms with E-state index < -0.39 is 5.91 Å². The fraction of sp³-hybridized carbons (Fsp3) is 0.200. The minimum atomic E-state index is -0.411. The minimum absolute atomic E-state index is 0.146. The standard InChI is InChI=1S/C20H18Cl2N4O3S2/c1-11-3-4-12(2)15(7-11)23-18(28)10-30-20-26-25-19(31-20)24-17(27)9-29-16-6-5-13(21)8-14(16)22/h3-8H,9-10H2,1-2H3,(H,23,28)(H,24,25,27). The Morgan fingerprint density at radius 1 is 1.06 bits per heavy atom. The monoisotopic (exact) mass is 496 g/mol. The van der Waals surface area contributed by atoms with E-state index >= 15 is 0 Å². The molecule has 1 heterocycles. The number of halogens is 2. The summed E-state index contributed by atoms with van der Waals surface area (Å²) >= 11 is 14.2. The van der Waals surface area contributed by atoms with Gasteiger partial charge in [0.2, 0.25) is 11.0 Å². The van der Waals surface area contributed by atoms with Gasteiger partial charge in [0.25, 0.3) is 5.91 Å².